The van der Waals surface area contributed by atoms with Gasteiger partial charge in [-0.25, -0.2) is 13.1 Å². The maximum Gasteiger partial charge on any atom is 0.216 e. The Labute approximate surface area is 118 Å². The molecule has 0 saturated heterocycles. The van der Waals surface area contributed by atoms with Crippen LogP contribution in [-0.4, -0.2) is 13.4 Å². The Morgan fingerprint density at radius 2 is 2.05 bits per heavy atom. The van der Waals surface area contributed by atoms with Crippen molar-refractivity contribution in [2.75, 3.05) is 5.73 Å². The quantitative estimate of drug-likeness (QED) is 0.823. The summed E-state index contributed by atoms with van der Waals surface area (Å²) in [6.07, 6.45) is 1.64. The number of nitrogen functional groups attached to an aromatic ring is 1. The fraction of sp³-hybridized carbons (Fsp3) is 0.214. The van der Waals surface area contributed by atoms with E-state index in [1.807, 2.05) is 6.07 Å². The third kappa shape index (κ3) is 4.04. The summed E-state index contributed by atoms with van der Waals surface area (Å²) in [6.45, 7) is 1.76. The minimum Gasteiger partial charge on any atom is -0.399 e. The van der Waals surface area contributed by atoms with Crippen LogP contribution in [0.2, 0.25) is 0 Å². The first-order valence-electron chi connectivity index (χ1n) is 6.21. The SMILES string of the molecule is CC(NS(=O)(=O)Cc1cccc(N)c1)c1ccccn1. The van der Waals surface area contributed by atoms with E-state index in [-0.39, 0.29) is 11.8 Å². The molecule has 0 saturated carbocycles. The molecule has 0 fully saturated rings. The fourth-order valence-corrected chi connectivity index (χ4v) is 3.27. The topological polar surface area (TPSA) is 85.1 Å². The van der Waals surface area contributed by atoms with E-state index in [0.29, 0.717) is 16.9 Å². The Morgan fingerprint density at radius 3 is 2.70 bits per heavy atom. The van der Waals surface area contributed by atoms with Crippen LogP contribution in [0.5, 0.6) is 0 Å². The minimum absolute atomic E-state index is 0.102. The van der Waals surface area contributed by atoms with Gasteiger partial charge in [0.05, 0.1) is 17.5 Å². The molecule has 0 amide bonds. The van der Waals surface area contributed by atoms with E-state index in [1.54, 1.807) is 49.5 Å². The van der Waals surface area contributed by atoms with Crippen molar-refractivity contribution in [3.05, 3.63) is 59.9 Å². The molecule has 0 aliphatic heterocycles. The molecule has 20 heavy (non-hydrogen) atoms. The zero-order valence-corrected chi connectivity index (χ0v) is 12.0. The molecule has 1 heterocycles. The lowest BCUT2D eigenvalue weighted by molar-refractivity contribution is 0.563. The highest BCUT2D eigenvalue weighted by atomic mass is 32.2. The number of nitrogens with two attached hydrogens (primary N) is 1. The molecule has 2 aromatic rings. The summed E-state index contributed by atoms with van der Waals surface area (Å²) in [5.74, 6) is -0.102. The average molecular weight is 291 g/mol. The number of aromatic nitrogens is 1. The van der Waals surface area contributed by atoms with Crippen LogP contribution in [0.4, 0.5) is 5.69 Å². The third-order valence-electron chi connectivity index (χ3n) is 2.80. The van der Waals surface area contributed by atoms with Gasteiger partial charge in [0.1, 0.15) is 0 Å². The van der Waals surface area contributed by atoms with Gasteiger partial charge in [-0.2, -0.15) is 0 Å². The summed E-state index contributed by atoms with van der Waals surface area (Å²) < 4.78 is 26.8. The predicted molar refractivity (Wildman–Crippen MR) is 79.3 cm³/mol. The fourth-order valence-electron chi connectivity index (χ4n) is 1.91. The monoisotopic (exact) mass is 291 g/mol. The van der Waals surface area contributed by atoms with Gasteiger partial charge in [0.2, 0.25) is 10.0 Å². The first-order chi connectivity index (χ1) is 9.46. The molecule has 3 N–H and O–H groups in total. The number of sulfonamides is 1. The molecule has 0 aliphatic carbocycles. The van der Waals surface area contributed by atoms with E-state index in [9.17, 15) is 8.42 Å². The maximum atomic E-state index is 12.1. The van der Waals surface area contributed by atoms with Crippen LogP contribution >= 0.6 is 0 Å². The number of pyridine rings is 1. The predicted octanol–water partition coefficient (Wildman–Crippen LogP) is 1.84. The van der Waals surface area contributed by atoms with Crippen molar-refractivity contribution in [2.24, 2.45) is 0 Å². The van der Waals surface area contributed by atoms with E-state index in [1.165, 1.54) is 0 Å². The molecule has 1 aromatic heterocycles. The Bertz CT molecular complexity index is 672. The number of anilines is 1. The van der Waals surface area contributed by atoms with Crippen LogP contribution in [0.15, 0.2) is 48.7 Å². The zero-order chi connectivity index (χ0) is 14.6. The molecular weight excluding hydrogens is 274 g/mol. The highest BCUT2D eigenvalue weighted by molar-refractivity contribution is 7.88. The van der Waals surface area contributed by atoms with E-state index in [2.05, 4.69) is 9.71 Å². The summed E-state index contributed by atoms with van der Waals surface area (Å²) in [5, 5.41) is 0. The van der Waals surface area contributed by atoms with Gasteiger partial charge in [-0.3, -0.25) is 4.98 Å². The Balaban J connectivity index is 2.08. The number of hydrogen-bond acceptors (Lipinski definition) is 4. The second kappa shape index (κ2) is 6.02. The molecule has 2 rings (SSSR count). The third-order valence-corrected chi connectivity index (χ3v) is 4.22. The number of rotatable bonds is 5. The highest BCUT2D eigenvalue weighted by Gasteiger charge is 2.17. The van der Waals surface area contributed by atoms with Gasteiger partial charge >= 0.3 is 0 Å². The Kier molecular flexibility index (Phi) is 4.36. The smallest absolute Gasteiger partial charge is 0.216 e. The first kappa shape index (κ1) is 14.5. The Hall–Kier alpha value is -1.92. The van der Waals surface area contributed by atoms with Crippen LogP contribution in [0.25, 0.3) is 0 Å². The van der Waals surface area contributed by atoms with E-state index < -0.39 is 10.0 Å². The summed E-state index contributed by atoms with van der Waals surface area (Å²) in [5.41, 5.74) is 7.54. The molecule has 1 aromatic carbocycles. The summed E-state index contributed by atoms with van der Waals surface area (Å²) in [7, 11) is -3.44. The van der Waals surface area contributed by atoms with Crippen LogP contribution in [0.3, 0.4) is 0 Å². The van der Waals surface area contributed by atoms with Gasteiger partial charge in [-0.1, -0.05) is 18.2 Å². The summed E-state index contributed by atoms with van der Waals surface area (Å²) >= 11 is 0. The summed E-state index contributed by atoms with van der Waals surface area (Å²) in [4.78, 5) is 4.14. The molecule has 0 spiro atoms. The van der Waals surface area contributed by atoms with Crippen LogP contribution in [-0.2, 0) is 15.8 Å². The number of nitrogens with zero attached hydrogens (tertiary/aromatic N) is 1. The van der Waals surface area contributed by atoms with E-state index in [4.69, 9.17) is 5.73 Å². The summed E-state index contributed by atoms with van der Waals surface area (Å²) in [6, 6.07) is 11.9. The average Bonchev–Trinajstić information content (AvgIpc) is 2.38. The molecule has 0 aliphatic rings. The molecule has 5 nitrogen and oxygen atoms in total. The Morgan fingerprint density at radius 1 is 1.25 bits per heavy atom. The lowest BCUT2D eigenvalue weighted by Crippen LogP contribution is -2.28. The molecule has 106 valence electrons. The minimum atomic E-state index is -3.44. The van der Waals surface area contributed by atoms with Crippen LogP contribution in [0.1, 0.15) is 24.2 Å². The van der Waals surface area contributed by atoms with Gasteiger partial charge in [0, 0.05) is 11.9 Å². The molecule has 1 atom stereocenters. The van der Waals surface area contributed by atoms with Crippen molar-refractivity contribution < 1.29 is 8.42 Å². The van der Waals surface area contributed by atoms with Crippen molar-refractivity contribution in [2.45, 2.75) is 18.7 Å². The maximum absolute atomic E-state index is 12.1. The van der Waals surface area contributed by atoms with Gasteiger partial charge in [0.25, 0.3) is 0 Å². The van der Waals surface area contributed by atoms with E-state index in [0.717, 1.165) is 0 Å². The number of nitrogens with one attached hydrogen (secondary N) is 1. The molecule has 1 unspecified atom stereocenters. The van der Waals surface area contributed by atoms with Crippen molar-refractivity contribution in [3.63, 3.8) is 0 Å². The normalized spacial score (nSPS) is 13.1. The van der Waals surface area contributed by atoms with Crippen molar-refractivity contribution >= 4 is 15.7 Å². The number of hydrogen-bond donors (Lipinski definition) is 2. The molecule has 6 heteroatoms. The molecular formula is C14H17N3O2S. The second-order valence-corrected chi connectivity index (χ2v) is 6.35. The van der Waals surface area contributed by atoms with Crippen molar-refractivity contribution in [1.82, 2.24) is 9.71 Å². The standard InChI is InChI=1S/C14H17N3O2S/c1-11(14-7-2-3-8-16-14)17-20(18,19)10-12-5-4-6-13(15)9-12/h2-9,11,17H,10,15H2,1H3. The first-order valence-corrected chi connectivity index (χ1v) is 7.87. The highest BCUT2D eigenvalue weighted by Crippen LogP contribution is 2.14. The number of benzene rings is 1. The lowest BCUT2D eigenvalue weighted by atomic mass is 10.2. The largest absolute Gasteiger partial charge is 0.399 e. The van der Waals surface area contributed by atoms with Crippen LogP contribution in [0, 0.1) is 0 Å². The molecule has 0 bridgehead atoms. The van der Waals surface area contributed by atoms with Gasteiger partial charge in [0.15, 0.2) is 0 Å². The zero-order valence-electron chi connectivity index (χ0n) is 11.2. The van der Waals surface area contributed by atoms with Gasteiger partial charge in [-0.05, 0) is 36.8 Å². The van der Waals surface area contributed by atoms with E-state index >= 15 is 0 Å². The van der Waals surface area contributed by atoms with Gasteiger partial charge < -0.3 is 5.73 Å². The van der Waals surface area contributed by atoms with Gasteiger partial charge in [-0.15, -0.1) is 0 Å². The van der Waals surface area contributed by atoms with Crippen molar-refractivity contribution in [3.8, 4) is 0 Å². The van der Waals surface area contributed by atoms with Crippen molar-refractivity contribution in [1.29, 1.82) is 0 Å². The lowest BCUT2D eigenvalue weighted by Gasteiger charge is -2.13. The van der Waals surface area contributed by atoms with Crippen LogP contribution < -0.4 is 10.5 Å². The molecule has 0 radical (unpaired) electrons. The second-order valence-electron chi connectivity index (χ2n) is 4.60.